The lowest BCUT2D eigenvalue weighted by Gasteiger charge is -2.38. The molecule has 0 unspecified atom stereocenters. The van der Waals surface area contributed by atoms with Gasteiger partial charge in [-0.05, 0) is 42.7 Å². The van der Waals surface area contributed by atoms with E-state index >= 15 is 0 Å². The van der Waals surface area contributed by atoms with Gasteiger partial charge in [0.1, 0.15) is 17.2 Å². The van der Waals surface area contributed by atoms with Crippen molar-refractivity contribution in [1.29, 1.82) is 5.26 Å². The van der Waals surface area contributed by atoms with E-state index in [9.17, 15) is 9.65 Å². The van der Waals surface area contributed by atoms with Crippen molar-refractivity contribution in [1.82, 2.24) is 0 Å². The number of ether oxygens (including phenoxy) is 1. The molecule has 2 aromatic rings. The van der Waals surface area contributed by atoms with Crippen molar-refractivity contribution in [2.75, 3.05) is 11.0 Å². The van der Waals surface area contributed by atoms with Gasteiger partial charge in [0.2, 0.25) is 0 Å². The summed E-state index contributed by atoms with van der Waals surface area (Å²) in [5.41, 5.74) is 3.38. The first-order valence-electron chi connectivity index (χ1n) is 8.61. The van der Waals surface area contributed by atoms with Crippen LogP contribution in [0.25, 0.3) is 5.57 Å². The summed E-state index contributed by atoms with van der Waals surface area (Å²) >= 11 is 1.51. The van der Waals surface area contributed by atoms with Gasteiger partial charge in [0.25, 0.3) is 0 Å². The van der Waals surface area contributed by atoms with E-state index in [0.717, 1.165) is 28.1 Å². The molecule has 0 radical (unpaired) electrons. The van der Waals surface area contributed by atoms with Crippen LogP contribution in [0.4, 0.5) is 10.1 Å². The van der Waals surface area contributed by atoms with Crippen LogP contribution in [0.1, 0.15) is 37.8 Å². The largest absolute Gasteiger partial charge is 0.481 e. The van der Waals surface area contributed by atoms with Crippen LogP contribution in [0.3, 0.4) is 0 Å². The van der Waals surface area contributed by atoms with Crippen LogP contribution < -0.4 is 9.46 Å². The fraction of sp³-hybridized carbons (Fsp3) is 0.286. The smallest absolute Gasteiger partial charge is 0.144 e. The standard InChI is InChI=1S/C21H21FN2OS/c1-4-21(5-2)18(13-23)20(14-6-8-15(22)9-7-14)17-11-10-16(24-26-3)12-19(17)25-21/h6-12,24H,4-5H2,1-3H3. The van der Waals surface area contributed by atoms with Gasteiger partial charge in [-0.25, -0.2) is 4.39 Å². The zero-order chi connectivity index (χ0) is 18.7. The minimum Gasteiger partial charge on any atom is -0.481 e. The molecule has 1 N–H and O–H groups in total. The number of fused-ring (bicyclic) bond motifs is 1. The van der Waals surface area contributed by atoms with Crippen LogP contribution in [0.5, 0.6) is 5.75 Å². The average Bonchev–Trinajstić information content (AvgIpc) is 2.67. The maximum Gasteiger partial charge on any atom is 0.144 e. The highest BCUT2D eigenvalue weighted by atomic mass is 32.2. The lowest BCUT2D eigenvalue weighted by atomic mass is 9.78. The van der Waals surface area contributed by atoms with Gasteiger partial charge < -0.3 is 9.46 Å². The van der Waals surface area contributed by atoms with E-state index in [1.54, 1.807) is 12.1 Å². The summed E-state index contributed by atoms with van der Waals surface area (Å²) in [6.07, 6.45) is 3.31. The molecule has 0 saturated carbocycles. The van der Waals surface area contributed by atoms with Crippen molar-refractivity contribution in [2.24, 2.45) is 0 Å². The number of rotatable bonds is 5. The van der Waals surface area contributed by atoms with Crippen LogP contribution in [-0.4, -0.2) is 11.9 Å². The van der Waals surface area contributed by atoms with Crippen molar-refractivity contribution in [3.05, 3.63) is 65.0 Å². The van der Waals surface area contributed by atoms with E-state index in [1.165, 1.54) is 24.1 Å². The summed E-state index contributed by atoms with van der Waals surface area (Å²) in [5.74, 6) is 0.447. The molecule has 0 aliphatic carbocycles. The molecule has 2 aromatic carbocycles. The van der Waals surface area contributed by atoms with Gasteiger partial charge in [-0.15, -0.1) is 0 Å². The van der Waals surface area contributed by atoms with Gasteiger partial charge in [-0.3, -0.25) is 0 Å². The van der Waals surface area contributed by atoms with E-state index < -0.39 is 5.60 Å². The Morgan fingerprint density at radius 3 is 2.42 bits per heavy atom. The number of hydrogen-bond acceptors (Lipinski definition) is 4. The predicted octanol–water partition coefficient (Wildman–Crippen LogP) is 5.79. The Morgan fingerprint density at radius 1 is 1.15 bits per heavy atom. The number of benzene rings is 2. The molecule has 0 spiro atoms. The monoisotopic (exact) mass is 368 g/mol. The predicted molar refractivity (Wildman–Crippen MR) is 106 cm³/mol. The Balaban J connectivity index is 2.29. The average molecular weight is 368 g/mol. The first kappa shape index (κ1) is 18.3. The fourth-order valence-corrected chi connectivity index (χ4v) is 3.80. The quantitative estimate of drug-likeness (QED) is 0.678. The van der Waals surface area contributed by atoms with Gasteiger partial charge in [0.05, 0.1) is 11.6 Å². The van der Waals surface area contributed by atoms with Crippen molar-refractivity contribution in [3.63, 3.8) is 0 Å². The third-order valence-electron chi connectivity index (χ3n) is 4.87. The van der Waals surface area contributed by atoms with Crippen LogP contribution in [0.2, 0.25) is 0 Å². The third kappa shape index (κ3) is 3.06. The van der Waals surface area contributed by atoms with Gasteiger partial charge in [-0.1, -0.05) is 37.9 Å². The van der Waals surface area contributed by atoms with E-state index in [0.29, 0.717) is 18.4 Å². The van der Waals surface area contributed by atoms with Gasteiger partial charge in [-0.2, -0.15) is 5.26 Å². The Kier molecular flexibility index (Phi) is 5.24. The van der Waals surface area contributed by atoms with E-state index in [4.69, 9.17) is 4.74 Å². The molecule has 0 bridgehead atoms. The molecule has 0 amide bonds. The molecular weight excluding hydrogens is 347 g/mol. The molecule has 3 rings (SSSR count). The Morgan fingerprint density at radius 2 is 1.85 bits per heavy atom. The first-order valence-corrected chi connectivity index (χ1v) is 9.84. The number of nitrogens with zero attached hydrogens (tertiary/aromatic N) is 1. The molecule has 1 heterocycles. The van der Waals surface area contributed by atoms with Crippen molar-refractivity contribution in [3.8, 4) is 11.8 Å². The summed E-state index contributed by atoms with van der Waals surface area (Å²) in [6.45, 7) is 4.05. The van der Waals surface area contributed by atoms with E-state index in [-0.39, 0.29) is 5.82 Å². The Hall–Kier alpha value is -2.45. The minimum atomic E-state index is -0.677. The summed E-state index contributed by atoms with van der Waals surface area (Å²) in [5, 5.41) is 9.96. The van der Waals surface area contributed by atoms with Crippen LogP contribution in [0, 0.1) is 17.1 Å². The zero-order valence-electron chi connectivity index (χ0n) is 15.1. The van der Waals surface area contributed by atoms with Gasteiger partial charge in [0, 0.05) is 29.1 Å². The lowest BCUT2D eigenvalue weighted by Crippen LogP contribution is -2.39. The first-order chi connectivity index (χ1) is 12.6. The highest BCUT2D eigenvalue weighted by molar-refractivity contribution is 7.99. The van der Waals surface area contributed by atoms with Crippen LogP contribution >= 0.6 is 11.9 Å². The molecule has 0 aromatic heterocycles. The van der Waals surface area contributed by atoms with Crippen LogP contribution in [0.15, 0.2) is 48.0 Å². The molecule has 3 nitrogen and oxygen atoms in total. The molecule has 5 heteroatoms. The number of nitriles is 1. The van der Waals surface area contributed by atoms with Gasteiger partial charge in [0.15, 0.2) is 0 Å². The van der Waals surface area contributed by atoms with E-state index in [2.05, 4.69) is 10.8 Å². The molecule has 134 valence electrons. The maximum absolute atomic E-state index is 13.4. The second-order valence-corrected chi connectivity index (χ2v) is 6.80. The number of nitrogens with one attached hydrogen (secondary N) is 1. The fourth-order valence-electron chi connectivity index (χ4n) is 3.44. The molecule has 1 aliphatic heterocycles. The topological polar surface area (TPSA) is 45.0 Å². The summed E-state index contributed by atoms with van der Waals surface area (Å²) < 4.78 is 23.0. The molecule has 1 aliphatic rings. The Labute approximate surface area is 158 Å². The highest BCUT2D eigenvalue weighted by Gasteiger charge is 2.41. The lowest BCUT2D eigenvalue weighted by molar-refractivity contribution is 0.0995. The van der Waals surface area contributed by atoms with Crippen molar-refractivity contribution >= 4 is 23.2 Å². The summed E-state index contributed by atoms with van der Waals surface area (Å²) in [4.78, 5) is 0. The molecule has 0 atom stereocenters. The summed E-state index contributed by atoms with van der Waals surface area (Å²) in [6, 6.07) is 14.6. The third-order valence-corrected chi connectivity index (χ3v) is 5.31. The SMILES string of the molecule is CCC1(CC)Oc2cc(NSC)ccc2C(c2ccc(F)cc2)=C1C#N. The normalized spacial score (nSPS) is 15.0. The van der Waals surface area contributed by atoms with Crippen molar-refractivity contribution < 1.29 is 9.13 Å². The zero-order valence-corrected chi connectivity index (χ0v) is 15.9. The number of halogens is 1. The molecule has 0 fully saturated rings. The minimum absolute atomic E-state index is 0.295. The molecule has 26 heavy (non-hydrogen) atoms. The van der Waals surface area contributed by atoms with Gasteiger partial charge >= 0.3 is 0 Å². The van der Waals surface area contributed by atoms with Crippen LogP contribution in [-0.2, 0) is 0 Å². The summed E-state index contributed by atoms with van der Waals surface area (Å²) in [7, 11) is 0. The second kappa shape index (κ2) is 7.43. The second-order valence-electron chi connectivity index (χ2n) is 6.19. The molecular formula is C21H21FN2OS. The number of hydrogen-bond donors (Lipinski definition) is 1. The van der Waals surface area contributed by atoms with E-state index in [1.807, 2.05) is 38.3 Å². The van der Waals surface area contributed by atoms with Crippen molar-refractivity contribution in [2.45, 2.75) is 32.3 Å². The Bertz CT molecular complexity index is 880. The maximum atomic E-state index is 13.4. The highest BCUT2D eigenvalue weighted by Crippen LogP contribution is 2.47. The molecule has 0 saturated heterocycles. The number of anilines is 1.